The summed E-state index contributed by atoms with van der Waals surface area (Å²) in [4.78, 5) is 34.9. The Morgan fingerprint density at radius 3 is 2.71 bits per heavy atom. The fourth-order valence-corrected chi connectivity index (χ4v) is 4.89. The highest BCUT2D eigenvalue weighted by Gasteiger charge is 2.31. The molecule has 2 fully saturated rings. The summed E-state index contributed by atoms with van der Waals surface area (Å²) >= 11 is 0. The van der Waals surface area contributed by atoms with Gasteiger partial charge in [-0.25, -0.2) is 9.78 Å². The number of imidazole rings is 1. The highest BCUT2D eigenvalue weighted by atomic mass is 16.2. The molecule has 7 heteroatoms. The molecule has 1 atom stereocenters. The van der Waals surface area contributed by atoms with Gasteiger partial charge in [0.25, 0.3) is 0 Å². The Hall–Kier alpha value is -2.57. The molecule has 0 spiro atoms. The van der Waals surface area contributed by atoms with Crippen LogP contribution in [0.4, 0.5) is 4.79 Å². The third-order valence-corrected chi connectivity index (χ3v) is 6.59. The van der Waals surface area contributed by atoms with E-state index in [1.165, 1.54) is 19.3 Å². The Morgan fingerprint density at radius 2 is 1.87 bits per heavy atom. The second kappa shape index (κ2) is 10.6. The minimum Gasteiger partial charge on any atom is -0.340 e. The van der Waals surface area contributed by atoms with Crippen LogP contribution in [0.15, 0.2) is 24.3 Å². The number of benzene rings is 1. The largest absolute Gasteiger partial charge is 0.340 e. The highest BCUT2D eigenvalue weighted by molar-refractivity contribution is 5.78. The molecular weight excluding hydrogens is 390 g/mol. The number of amides is 3. The van der Waals surface area contributed by atoms with Gasteiger partial charge < -0.3 is 20.5 Å². The first-order valence-electron chi connectivity index (χ1n) is 12.0. The number of H-pyrrole nitrogens is 1. The number of carbonyl (C=O) groups is 2. The lowest BCUT2D eigenvalue weighted by Crippen LogP contribution is -2.43. The molecule has 4 rings (SSSR count). The fourth-order valence-electron chi connectivity index (χ4n) is 4.89. The number of aromatic nitrogens is 2. The maximum atomic E-state index is 12.8. The molecule has 1 saturated heterocycles. The number of nitrogens with one attached hydrogen (secondary N) is 3. The summed E-state index contributed by atoms with van der Waals surface area (Å²) in [6.07, 6.45) is 11.2. The molecule has 0 radical (unpaired) electrons. The van der Waals surface area contributed by atoms with E-state index in [0.717, 1.165) is 68.3 Å². The lowest BCUT2D eigenvalue weighted by molar-refractivity contribution is -0.132. The first-order chi connectivity index (χ1) is 15.2. The summed E-state index contributed by atoms with van der Waals surface area (Å²) in [5.74, 6) is 1.12. The van der Waals surface area contributed by atoms with E-state index in [2.05, 4.69) is 15.6 Å². The lowest BCUT2D eigenvalue weighted by atomic mass is 9.96. The van der Waals surface area contributed by atoms with Crippen LogP contribution in [0.1, 0.15) is 82.5 Å². The van der Waals surface area contributed by atoms with Crippen molar-refractivity contribution in [3.05, 3.63) is 30.1 Å². The van der Waals surface area contributed by atoms with Gasteiger partial charge in [-0.15, -0.1) is 0 Å². The number of likely N-dealkylation sites (tertiary alicyclic amines) is 1. The molecule has 1 aromatic carbocycles. The number of hydrogen-bond acceptors (Lipinski definition) is 3. The molecule has 7 nitrogen and oxygen atoms in total. The van der Waals surface area contributed by atoms with Gasteiger partial charge in [-0.1, -0.05) is 37.8 Å². The summed E-state index contributed by atoms with van der Waals surface area (Å²) < 4.78 is 0. The number of para-hydroxylation sites is 2. The smallest absolute Gasteiger partial charge is 0.315 e. The SMILES string of the molecule is O=C(NCCCCCC(=O)N1CCCC1c1nc2ccccc2[nH]1)NC1CCCCC1. The Bertz CT molecular complexity index is 841. The molecule has 168 valence electrons. The Kier molecular flexibility index (Phi) is 7.43. The first-order valence-corrected chi connectivity index (χ1v) is 12.0. The Morgan fingerprint density at radius 1 is 1.03 bits per heavy atom. The van der Waals surface area contributed by atoms with Crippen molar-refractivity contribution in [3.63, 3.8) is 0 Å². The van der Waals surface area contributed by atoms with E-state index in [-0.39, 0.29) is 18.0 Å². The zero-order chi connectivity index (χ0) is 21.5. The zero-order valence-electron chi connectivity index (χ0n) is 18.4. The normalized spacial score (nSPS) is 19.6. The minimum atomic E-state index is -0.0475. The summed E-state index contributed by atoms with van der Waals surface area (Å²) in [6.45, 7) is 1.47. The van der Waals surface area contributed by atoms with Crippen LogP contribution in [-0.2, 0) is 4.79 Å². The van der Waals surface area contributed by atoms with Crippen LogP contribution >= 0.6 is 0 Å². The van der Waals surface area contributed by atoms with Crippen molar-refractivity contribution in [2.75, 3.05) is 13.1 Å². The Labute approximate surface area is 184 Å². The van der Waals surface area contributed by atoms with Gasteiger partial charge in [-0.3, -0.25) is 4.79 Å². The van der Waals surface area contributed by atoms with Crippen molar-refractivity contribution in [1.82, 2.24) is 25.5 Å². The maximum absolute atomic E-state index is 12.8. The zero-order valence-corrected chi connectivity index (χ0v) is 18.4. The first kappa shape index (κ1) is 21.7. The number of carbonyl (C=O) groups excluding carboxylic acids is 2. The van der Waals surface area contributed by atoms with Gasteiger partial charge >= 0.3 is 6.03 Å². The molecular formula is C24H35N5O2. The highest BCUT2D eigenvalue weighted by Crippen LogP contribution is 2.32. The maximum Gasteiger partial charge on any atom is 0.315 e. The number of fused-ring (bicyclic) bond motifs is 1. The van der Waals surface area contributed by atoms with E-state index in [1.807, 2.05) is 29.2 Å². The Balaban J connectivity index is 1.14. The standard InChI is InChI=1S/C24H35N5O2/c30-22(15-5-2-8-16-25-24(31)26-18-10-3-1-4-11-18)29-17-9-14-21(29)23-27-19-12-6-7-13-20(19)28-23/h6-7,12-13,18,21H,1-5,8-11,14-17H2,(H,27,28)(H2,25,26,31). The van der Waals surface area contributed by atoms with Crippen LogP contribution in [0, 0.1) is 0 Å². The van der Waals surface area contributed by atoms with E-state index in [0.29, 0.717) is 19.0 Å². The number of hydrogen-bond donors (Lipinski definition) is 3. The topological polar surface area (TPSA) is 90.1 Å². The molecule has 1 unspecified atom stereocenters. The van der Waals surface area contributed by atoms with Crippen LogP contribution in [-0.4, -0.2) is 45.9 Å². The van der Waals surface area contributed by atoms with Crippen molar-refractivity contribution in [2.24, 2.45) is 0 Å². The van der Waals surface area contributed by atoms with Crippen LogP contribution in [0.5, 0.6) is 0 Å². The summed E-state index contributed by atoms with van der Waals surface area (Å²) in [5, 5.41) is 6.03. The summed E-state index contributed by atoms with van der Waals surface area (Å²) in [7, 11) is 0. The quantitative estimate of drug-likeness (QED) is 0.547. The number of urea groups is 1. The summed E-state index contributed by atoms with van der Waals surface area (Å²) in [5.41, 5.74) is 1.98. The molecule has 1 aliphatic heterocycles. The van der Waals surface area contributed by atoms with Gasteiger partial charge in [0.15, 0.2) is 0 Å². The van der Waals surface area contributed by atoms with E-state index < -0.39 is 0 Å². The second-order valence-electron chi connectivity index (χ2n) is 8.93. The molecule has 2 aliphatic rings. The molecule has 1 aliphatic carbocycles. The van der Waals surface area contributed by atoms with Crippen LogP contribution < -0.4 is 10.6 Å². The molecule has 2 aromatic rings. The van der Waals surface area contributed by atoms with Crippen molar-refractivity contribution in [2.45, 2.75) is 82.7 Å². The van der Waals surface area contributed by atoms with Crippen molar-refractivity contribution in [1.29, 1.82) is 0 Å². The van der Waals surface area contributed by atoms with Gasteiger partial charge in [0.1, 0.15) is 5.82 Å². The lowest BCUT2D eigenvalue weighted by Gasteiger charge is -2.23. The molecule has 1 aromatic heterocycles. The van der Waals surface area contributed by atoms with Crippen LogP contribution in [0.25, 0.3) is 11.0 Å². The average molecular weight is 426 g/mol. The van der Waals surface area contributed by atoms with Crippen molar-refractivity contribution >= 4 is 23.0 Å². The second-order valence-corrected chi connectivity index (χ2v) is 8.93. The predicted octanol–water partition coefficient (Wildman–Crippen LogP) is 4.42. The third kappa shape index (κ3) is 5.77. The number of unbranched alkanes of at least 4 members (excludes halogenated alkanes) is 2. The number of aromatic amines is 1. The predicted molar refractivity (Wildman–Crippen MR) is 122 cm³/mol. The van der Waals surface area contributed by atoms with Crippen molar-refractivity contribution in [3.8, 4) is 0 Å². The van der Waals surface area contributed by atoms with Gasteiger partial charge in [-0.2, -0.15) is 0 Å². The minimum absolute atomic E-state index is 0.0475. The van der Waals surface area contributed by atoms with E-state index in [4.69, 9.17) is 4.98 Å². The third-order valence-electron chi connectivity index (χ3n) is 6.59. The van der Waals surface area contributed by atoms with Crippen LogP contribution in [0.3, 0.4) is 0 Å². The van der Waals surface area contributed by atoms with Gasteiger partial charge in [0, 0.05) is 25.6 Å². The van der Waals surface area contributed by atoms with E-state index in [9.17, 15) is 9.59 Å². The van der Waals surface area contributed by atoms with E-state index in [1.54, 1.807) is 0 Å². The molecule has 3 N–H and O–H groups in total. The molecule has 2 heterocycles. The number of nitrogens with zero attached hydrogens (tertiary/aromatic N) is 2. The monoisotopic (exact) mass is 425 g/mol. The van der Waals surface area contributed by atoms with E-state index >= 15 is 0 Å². The fraction of sp³-hybridized carbons (Fsp3) is 0.625. The number of rotatable bonds is 8. The van der Waals surface area contributed by atoms with Gasteiger partial charge in [0.2, 0.25) is 5.91 Å². The molecule has 1 saturated carbocycles. The molecule has 3 amide bonds. The van der Waals surface area contributed by atoms with Gasteiger partial charge in [-0.05, 0) is 50.7 Å². The average Bonchev–Trinajstić information content (AvgIpc) is 3.43. The van der Waals surface area contributed by atoms with Crippen molar-refractivity contribution < 1.29 is 9.59 Å². The van der Waals surface area contributed by atoms with Gasteiger partial charge in [0.05, 0.1) is 17.1 Å². The molecule has 0 bridgehead atoms. The van der Waals surface area contributed by atoms with Crippen LogP contribution in [0.2, 0.25) is 0 Å². The molecule has 31 heavy (non-hydrogen) atoms. The summed E-state index contributed by atoms with van der Waals surface area (Å²) in [6, 6.07) is 8.36.